The number of thioether (sulfide) groups is 1. The van der Waals surface area contributed by atoms with Crippen LogP contribution in [0.4, 0.5) is 10.5 Å². The molecular weight excluding hydrogens is 400 g/mol. The Morgan fingerprint density at radius 1 is 1.48 bits per heavy atom. The van der Waals surface area contributed by atoms with Crippen molar-refractivity contribution in [1.29, 1.82) is 5.26 Å². The van der Waals surface area contributed by atoms with E-state index in [9.17, 15) is 24.8 Å². The number of likely N-dealkylation sites (tertiary alicyclic amines) is 1. The van der Waals surface area contributed by atoms with Gasteiger partial charge in [-0.05, 0) is 31.0 Å². The highest BCUT2D eigenvalue weighted by molar-refractivity contribution is 8.00. The topological polar surface area (TPSA) is 146 Å². The Kier molecular flexibility index (Phi) is 8.23. The van der Waals surface area contributed by atoms with E-state index in [1.807, 2.05) is 6.07 Å². The first-order valence-electron chi connectivity index (χ1n) is 8.93. The number of non-ortho nitro benzene ring substituents is 1. The minimum Gasteiger partial charge on any atom is -0.445 e. The molecule has 156 valence electrons. The van der Waals surface area contributed by atoms with Gasteiger partial charge < -0.3 is 20.1 Å². The third-order valence-electron chi connectivity index (χ3n) is 4.39. The third-order valence-corrected chi connectivity index (χ3v) is 5.68. The number of hydrogen-bond acceptors (Lipinski definition) is 8. The molecule has 1 unspecified atom stereocenters. The van der Waals surface area contributed by atoms with Crippen molar-refractivity contribution >= 4 is 29.4 Å². The maximum absolute atomic E-state index is 12.4. The minimum atomic E-state index is -0.671. The highest BCUT2D eigenvalue weighted by Gasteiger charge is 2.35. The Morgan fingerprint density at radius 2 is 2.17 bits per heavy atom. The second kappa shape index (κ2) is 10.6. The van der Waals surface area contributed by atoms with Gasteiger partial charge in [0.1, 0.15) is 13.2 Å². The normalized spacial score (nSPS) is 19.3. The zero-order chi connectivity index (χ0) is 21.4. The lowest BCUT2D eigenvalue weighted by atomic mass is 10.2. The van der Waals surface area contributed by atoms with E-state index in [1.54, 1.807) is 6.92 Å². The number of carbonyl (C=O) groups is 2. The smallest absolute Gasteiger partial charge is 0.410 e. The molecule has 1 aromatic carbocycles. The van der Waals surface area contributed by atoms with Crippen LogP contribution in [0, 0.1) is 21.4 Å². The summed E-state index contributed by atoms with van der Waals surface area (Å²) in [4.78, 5) is 35.9. The van der Waals surface area contributed by atoms with Gasteiger partial charge in [0, 0.05) is 23.9 Å². The number of β-amino-alcohol motifs (C(OH)–C–C–N with tert-alkyl or cyclic N) is 1. The summed E-state index contributed by atoms with van der Waals surface area (Å²) in [6.07, 6.45) is -0.881. The fourth-order valence-corrected chi connectivity index (χ4v) is 3.88. The molecule has 0 spiro atoms. The molecule has 1 aliphatic heterocycles. The largest absolute Gasteiger partial charge is 0.445 e. The molecule has 0 aliphatic carbocycles. The summed E-state index contributed by atoms with van der Waals surface area (Å²) in [5.74, 6) is 0.174. The molecule has 1 fully saturated rings. The van der Waals surface area contributed by atoms with Gasteiger partial charge in [0.2, 0.25) is 5.91 Å². The van der Waals surface area contributed by atoms with E-state index in [1.165, 1.54) is 40.9 Å². The number of ether oxygens (including phenoxy) is 1. The second-order valence-electron chi connectivity index (χ2n) is 6.53. The molecular formula is C18H22N4O6S. The fourth-order valence-electron chi connectivity index (χ4n) is 2.82. The lowest BCUT2D eigenvalue weighted by Gasteiger charge is -2.24. The number of amides is 2. The summed E-state index contributed by atoms with van der Waals surface area (Å²) < 4.78 is 5.28. The number of aliphatic hydroxyl groups is 1. The van der Waals surface area contributed by atoms with E-state index < -0.39 is 22.4 Å². The van der Waals surface area contributed by atoms with Crippen molar-refractivity contribution in [3.63, 3.8) is 0 Å². The molecule has 2 rings (SSSR count). The van der Waals surface area contributed by atoms with Crippen molar-refractivity contribution in [1.82, 2.24) is 10.2 Å². The average molecular weight is 422 g/mol. The average Bonchev–Trinajstić information content (AvgIpc) is 3.09. The molecule has 2 amide bonds. The van der Waals surface area contributed by atoms with Crippen molar-refractivity contribution in [2.24, 2.45) is 0 Å². The molecule has 1 heterocycles. The van der Waals surface area contributed by atoms with Crippen LogP contribution in [0.5, 0.6) is 0 Å². The molecule has 11 heteroatoms. The zero-order valence-electron chi connectivity index (χ0n) is 15.8. The van der Waals surface area contributed by atoms with Gasteiger partial charge in [-0.3, -0.25) is 14.9 Å². The summed E-state index contributed by atoms with van der Waals surface area (Å²) in [7, 11) is 0. The second-order valence-corrected chi connectivity index (χ2v) is 7.90. The Morgan fingerprint density at radius 3 is 2.79 bits per heavy atom. The molecule has 1 aromatic rings. The van der Waals surface area contributed by atoms with Crippen LogP contribution in [0.15, 0.2) is 24.3 Å². The first kappa shape index (κ1) is 22.4. The van der Waals surface area contributed by atoms with Crippen LogP contribution in [-0.4, -0.2) is 63.2 Å². The SMILES string of the molecule is CC(SC[C@@H]1C[C@H](O)CN1C(=O)OCc1ccc([N+](=O)[O-])cc1)C(=O)NCC#N. The lowest BCUT2D eigenvalue weighted by molar-refractivity contribution is -0.384. The van der Waals surface area contributed by atoms with Crippen LogP contribution in [0.2, 0.25) is 0 Å². The van der Waals surface area contributed by atoms with E-state index in [4.69, 9.17) is 10.00 Å². The van der Waals surface area contributed by atoms with Crippen molar-refractivity contribution in [3.05, 3.63) is 39.9 Å². The number of aliphatic hydroxyl groups excluding tert-OH is 1. The van der Waals surface area contributed by atoms with Crippen molar-refractivity contribution in [2.75, 3.05) is 18.8 Å². The van der Waals surface area contributed by atoms with Gasteiger partial charge in [0.15, 0.2) is 0 Å². The number of nitro groups is 1. The van der Waals surface area contributed by atoms with Crippen LogP contribution in [0.1, 0.15) is 18.9 Å². The van der Waals surface area contributed by atoms with Gasteiger partial charge >= 0.3 is 6.09 Å². The van der Waals surface area contributed by atoms with E-state index >= 15 is 0 Å². The lowest BCUT2D eigenvalue weighted by Crippen LogP contribution is -2.39. The fraction of sp³-hybridized carbons (Fsp3) is 0.500. The maximum atomic E-state index is 12.4. The number of rotatable bonds is 8. The Bertz CT molecular complexity index is 782. The summed E-state index contributed by atoms with van der Waals surface area (Å²) in [6, 6.07) is 7.25. The predicted molar refractivity (Wildman–Crippen MR) is 105 cm³/mol. The van der Waals surface area contributed by atoms with Gasteiger partial charge in [-0.2, -0.15) is 5.26 Å². The van der Waals surface area contributed by atoms with Crippen molar-refractivity contribution in [2.45, 2.75) is 37.3 Å². The summed E-state index contributed by atoms with van der Waals surface area (Å²) in [5.41, 5.74) is 0.560. The first-order chi connectivity index (χ1) is 13.8. The highest BCUT2D eigenvalue weighted by Crippen LogP contribution is 2.25. The van der Waals surface area contributed by atoms with E-state index in [0.29, 0.717) is 17.7 Å². The van der Waals surface area contributed by atoms with E-state index in [0.717, 1.165) is 0 Å². The monoisotopic (exact) mass is 422 g/mol. The molecule has 0 radical (unpaired) electrons. The molecule has 2 N–H and O–H groups in total. The number of benzene rings is 1. The van der Waals surface area contributed by atoms with Gasteiger partial charge in [0.05, 0.1) is 28.9 Å². The third kappa shape index (κ3) is 6.62. The Labute approximate surface area is 172 Å². The standard InChI is InChI=1S/C18H22N4O6S/c1-12(17(24)20-7-6-19)29-11-15-8-16(23)9-21(15)18(25)28-10-13-2-4-14(5-3-13)22(26)27/h2-5,12,15-16,23H,7-11H2,1H3,(H,20,24)/t12?,15-,16-/m0/s1. The van der Waals surface area contributed by atoms with Crippen molar-refractivity contribution in [3.8, 4) is 6.07 Å². The number of nitro benzene ring substituents is 1. The summed E-state index contributed by atoms with van der Waals surface area (Å²) in [6.45, 7) is 1.74. The summed E-state index contributed by atoms with van der Waals surface area (Å²) >= 11 is 1.33. The van der Waals surface area contributed by atoms with Gasteiger partial charge in [-0.15, -0.1) is 11.8 Å². The number of nitrogens with one attached hydrogen (secondary N) is 1. The number of nitriles is 1. The number of nitrogens with zero attached hydrogens (tertiary/aromatic N) is 3. The quantitative estimate of drug-likeness (QED) is 0.363. The van der Waals surface area contributed by atoms with Crippen LogP contribution in [-0.2, 0) is 16.1 Å². The molecule has 29 heavy (non-hydrogen) atoms. The highest BCUT2D eigenvalue weighted by atomic mass is 32.2. The minimum absolute atomic E-state index is 0.0454. The Balaban J connectivity index is 1.86. The summed E-state index contributed by atoms with van der Waals surface area (Å²) in [5, 5.41) is 31.2. The molecule has 1 saturated heterocycles. The van der Waals surface area contributed by atoms with Gasteiger partial charge in [0.25, 0.3) is 5.69 Å². The van der Waals surface area contributed by atoms with Crippen LogP contribution in [0.25, 0.3) is 0 Å². The molecule has 3 atom stereocenters. The number of carbonyl (C=O) groups excluding carboxylic acids is 2. The van der Waals surface area contributed by atoms with E-state index in [-0.39, 0.29) is 37.3 Å². The van der Waals surface area contributed by atoms with Gasteiger partial charge in [-0.25, -0.2) is 4.79 Å². The predicted octanol–water partition coefficient (Wildman–Crippen LogP) is 1.43. The van der Waals surface area contributed by atoms with Gasteiger partial charge in [-0.1, -0.05) is 0 Å². The molecule has 0 aromatic heterocycles. The van der Waals surface area contributed by atoms with Crippen LogP contribution in [0.3, 0.4) is 0 Å². The molecule has 0 bridgehead atoms. The number of hydrogen-bond donors (Lipinski definition) is 2. The first-order valence-corrected chi connectivity index (χ1v) is 9.97. The molecule has 0 saturated carbocycles. The molecule has 1 aliphatic rings. The van der Waals surface area contributed by atoms with Crippen LogP contribution >= 0.6 is 11.8 Å². The molecule has 10 nitrogen and oxygen atoms in total. The Hall–Kier alpha value is -2.84. The zero-order valence-corrected chi connectivity index (χ0v) is 16.6. The van der Waals surface area contributed by atoms with Crippen LogP contribution < -0.4 is 5.32 Å². The van der Waals surface area contributed by atoms with Crippen molar-refractivity contribution < 1.29 is 24.4 Å². The maximum Gasteiger partial charge on any atom is 0.410 e. The van der Waals surface area contributed by atoms with E-state index in [2.05, 4.69) is 5.32 Å².